The molecule has 1 heterocycles. The number of hydrogen-bond acceptors (Lipinski definition) is 7. The fraction of sp³-hybridized carbons (Fsp3) is 0.250. The average Bonchev–Trinajstić information content (AvgIpc) is 3.19. The van der Waals surface area contributed by atoms with E-state index in [4.69, 9.17) is 24.7 Å². The summed E-state index contributed by atoms with van der Waals surface area (Å²) >= 11 is 4.05. The van der Waals surface area contributed by atoms with E-state index in [0.29, 0.717) is 28.7 Å². The zero-order valence-corrected chi connectivity index (χ0v) is 16.5. The SMILES string of the molecule is COc1ccc(/C=C\c2cc(OC)c3c(c2)OCO3)cc1NC(=O)C(N)CS. The van der Waals surface area contributed by atoms with E-state index in [0.717, 1.165) is 11.1 Å². The molecule has 0 spiro atoms. The van der Waals surface area contributed by atoms with Crippen molar-refractivity contribution in [3.8, 4) is 23.0 Å². The molecule has 148 valence electrons. The standard InChI is InChI=1S/C20H22N2O5S/c1-24-16-6-5-12(7-15(16)22-20(23)14(21)10-28)3-4-13-8-17(25-2)19-18(9-13)26-11-27-19/h3-9,14,28H,10-11,21H2,1-2H3,(H,22,23)/b4-3-. The molecule has 0 aromatic heterocycles. The summed E-state index contributed by atoms with van der Waals surface area (Å²) < 4.78 is 21.5. The Morgan fingerprint density at radius 3 is 2.64 bits per heavy atom. The summed E-state index contributed by atoms with van der Waals surface area (Å²) in [6.45, 7) is 0.175. The van der Waals surface area contributed by atoms with Crippen molar-refractivity contribution in [2.24, 2.45) is 5.73 Å². The number of carbonyl (C=O) groups is 1. The Morgan fingerprint density at radius 1 is 1.18 bits per heavy atom. The van der Waals surface area contributed by atoms with Crippen molar-refractivity contribution in [3.63, 3.8) is 0 Å². The molecule has 2 aromatic carbocycles. The maximum Gasteiger partial charge on any atom is 0.242 e. The van der Waals surface area contributed by atoms with Gasteiger partial charge in [-0.1, -0.05) is 18.2 Å². The molecular weight excluding hydrogens is 380 g/mol. The van der Waals surface area contributed by atoms with E-state index >= 15 is 0 Å². The van der Waals surface area contributed by atoms with Crippen LogP contribution >= 0.6 is 12.6 Å². The number of carbonyl (C=O) groups excluding carboxylic acids is 1. The lowest BCUT2D eigenvalue weighted by molar-refractivity contribution is -0.116. The normalized spacial score (nSPS) is 13.4. The highest BCUT2D eigenvalue weighted by atomic mass is 32.1. The summed E-state index contributed by atoms with van der Waals surface area (Å²) in [6, 6.07) is 8.51. The fourth-order valence-corrected chi connectivity index (χ4v) is 2.84. The first-order valence-corrected chi connectivity index (χ1v) is 9.20. The minimum absolute atomic E-state index is 0.175. The van der Waals surface area contributed by atoms with E-state index in [1.807, 2.05) is 36.4 Å². The number of thiol groups is 1. The first-order chi connectivity index (χ1) is 13.5. The van der Waals surface area contributed by atoms with Gasteiger partial charge in [0, 0.05) is 5.75 Å². The third-order valence-corrected chi connectivity index (χ3v) is 4.56. The average molecular weight is 402 g/mol. The van der Waals surface area contributed by atoms with Gasteiger partial charge in [0.15, 0.2) is 11.5 Å². The van der Waals surface area contributed by atoms with E-state index < -0.39 is 6.04 Å². The van der Waals surface area contributed by atoms with Gasteiger partial charge in [0.05, 0.1) is 25.9 Å². The predicted octanol–water partition coefficient (Wildman–Crippen LogP) is 2.80. The van der Waals surface area contributed by atoms with Gasteiger partial charge in [-0.2, -0.15) is 12.6 Å². The van der Waals surface area contributed by atoms with Crippen LogP contribution < -0.4 is 30.0 Å². The maximum atomic E-state index is 12.1. The molecule has 3 rings (SSSR count). The molecular formula is C20H22N2O5S. The number of methoxy groups -OCH3 is 2. The van der Waals surface area contributed by atoms with E-state index in [1.165, 1.54) is 7.11 Å². The second-order valence-electron chi connectivity index (χ2n) is 6.03. The Hall–Kier alpha value is -2.84. The molecule has 1 aliphatic heterocycles. The van der Waals surface area contributed by atoms with Gasteiger partial charge in [-0.25, -0.2) is 0 Å². The molecule has 28 heavy (non-hydrogen) atoms. The smallest absolute Gasteiger partial charge is 0.242 e. The van der Waals surface area contributed by atoms with Gasteiger partial charge in [0.25, 0.3) is 0 Å². The Morgan fingerprint density at radius 2 is 1.93 bits per heavy atom. The minimum Gasteiger partial charge on any atom is -0.495 e. The van der Waals surface area contributed by atoms with Crippen LogP contribution in [-0.2, 0) is 4.79 Å². The molecule has 1 atom stereocenters. The molecule has 0 saturated heterocycles. The Kier molecular flexibility index (Phi) is 6.33. The molecule has 2 aromatic rings. The number of benzene rings is 2. The summed E-state index contributed by atoms with van der Waals surface area (Å²) in [5, 5.41) is 2.77. The number of fused-ring (bicyclic) bond motifs is 1. The van der Waals surface area contributed by atoms with Crippen LogP contribution in [0.4, 0.5) is 5.69 Å². The van der Waals surface area contributed by atoms with Crippen molar-refractivity contribution in [3.05, 3.63) is 41.5 Å². The molecule has 0 fully saturated rings. The molecule has 8 heteroatoms. The second kappa shape index (κ2) is 8.90. The van der Waals surface area contributed by atoms with Gasteiger partial charge < -0.3 is 30.0 Å². The lowest BCUT2D eigenvalue weighted by Crippen LogP contribution is -2.37. The number of nitrogens with two attached hydrogens (primary N) is 1. The number of ether oxygens (including phenoxy) is 4. The molecule has 0 saturated carbocycles. The third-order valence-electron chi connectivity index (χ3n) is 4.16. The highest BCUT2D eigenvalue weighted by Crippen LogP contribution is 2.42. The van der Waals surface area contributed by atoms with Crippen molar-refractivity contribution < 1.29 is 23.7 Å². The number of nitrogens with one attached hydrogen (secondary N) is 1. The first-order valence-electron chi connectivity index (χ1n) is 8.56. The molecule has 0 bridgehead atoms. The van der Waals surface area contributed by atoms with Crippen molar-refractivity contribution in [1.29, 1.82) is 0 Å². The third kappa shape index (κ3) is 4.35. The largest absolute Gasteiger partial charge is 0.495 e. The van der Waals surface area contributed by atoms with Gasteiger partial charge in [0.1, 0.15) is 5.75 Å². The number of rotatable bonds is 7. The Bertz CT molecular complexity index is 900. The van der Waals surface area contributed by atoms with Gasteiger partial charge in [-0.15, -0.1) is 0 Å². The molecule has 1 aliphatic rings. The Balaban J connectivity index is 1.84. The zero-order chi connectivity index (χ0) is 20.1. The summed E-state index contributed by atoms with van der Waals surface area (Å²) in [5.41, 5.74) is 8.02. The Labute approximate surface area is 168 Å². The van der Waals surface area contributed by atoms with Crippen LogP contribution in [0.1, 0.15) is 11.1 Å². The number of anilines is 1. The van der Waals surface area contributed by atoms with Crippen LogP contribution in [0.5, 0.6) is 23.0 Å². The topological polar surface area (TPSA) is 92.0 Å². The minimum atomic E-state index is -0.701. The number of amides is 1. The quantitative estimate of drug-likeness (QED) is 0.487. The maximum absolute atomic E-state index is 12.1. The van der Waals surface area contributed by atoms with Gasteiger partial charge >= 0.3 is 0 Å². The molecule has 1 amide bonds. The monoisotopic (exact) mass is 402 g/mol. The van der Waals surface area contributed by atoms with E-state index in [-0.39, 0.29) is 18.5 Å². The lowest BCUT2D eigenvalue weighted by Gasteiger charge is -2.13. The van der Waals surface area contributed by atoms with Crippen molar-refractivity contribution in [1.82, 2.24) is 0 Å². The van der Waals surface area contributed by atoms with E-state index in [2.05, 4.69) is 17.9 Å². The van der Waals surface area contributed by atoms with Gasteiger partial charge in [0.2, 0.25) is 18.4 Å². The van der Waals surface area contributed by atoms with Crippen LogP contribution in [0, 0.1) is 0 Å². The highest BCUT2D eigenvalue weighted by molar-refractivity contribution is 7.80. The zero-order valence-electron chi connectivity index (χ0n) is 15.6. The van der Waals surface area contributed by atoms with Gasteiger partial charge in [-0.3, -0.25) is 4.79 Å². The number of hydrogen-bond donors (Lipinski definition) is 3. The van der Waals surface area contributed by atoms with Gasteiger partial charge in [-0.05, 0) is 35.4 Å². The van der Waals surface area contributed by atoms with Crippen molar-refractivity contribution in [2.75, 3.05) is 32.1 Å². The van der Waals surface area contributed by atoms with Crippen LogP contribution in [0.15, 0.2) is 30.3 Å². The van der Waals surface area contributed by atoms with Crippen LogP contribution in [0.3, 0.4) is 0 Å². The lowest BCUT2D eigenvalue weighted by atomic mass is 10.1. The van der Waals surface area contributed by atoms with Crippen LogP contribution in [0.2, 0.25) is 0 Å². The molecule has 1 unspecified atom stereocenters. The van der Waals surface area contributed by atoms with Crippen LogP contribution in [-0.4, -0.2) is 38.7 Å². The molecule has 3 N–H and O–H groups in total. The molecule has 0 aliphatic carbocycles. The first kappa shape index (κ1) is 19.9. The highest BCUT2D eigenvalue weighted by Gasteiger charge is 2.19. The van der Waals surface area contributed by atoms with E-state index in [9.17, 15) is 4.79 Å². The van der Waals surface area contributed by atoms with Crippen molar-refractivity contribution >= 4 is 36.4 Å². The summed E-state index contributed by atoms with van der Waals surface area (Å²) in [4.78, 5) is 12.1. The summed E-state index contributed by atoms with van der Waals surface area (Å²) in [6.07, 6.45) is 3.82. The second-order valence-corrected chi connectivity index (χ2v) is 6.39. The predicted molar refractivity (Wildman–Crippen MR) is 111 cm³/mol. The summed E-state index contributed by atoms with van der Waals surface area (Å²) in [7, 11) is 3.12. The van der Waals surface area contributed by atoms with Crippen LogP contribution in [0.25, 0.3) is 12.2 Å². The fourth-order valence-electron chi connectivity index (χ4n) is 2.67. The van der Waals surface area contributed by atoms with Crippen molar-refractivity contribution in [2.45, 2.75) is 6.04 Å². The molecule has 7 nitrogen and oxygen atoms in total. The summed E-state index contributed by atoms with van der Waals surface area (Å²) in [5.74, 6) is 2.33. The van der Waals surface area contributed by atoms with E-state index in [1.54, 1.807) is 13.2 Å². The molecule has 0 radical (unpaired) electrons.